The summed E-state index contributed by atoms with van der Waals surface area (Å²) < 4.78 is 4.91. The van der Waals surface area contributed by atoms with Gasteiger partial charge in [-0.05, 0) is 0 Å². The van der Waals surface area contributed by atoms with Gasteiger partial charge >= 0.3 is 11.9 Å². The van der Waals surface area contributed by atoms with Crippen molar-refractivity contribution < 1.29 is 24.2 Å². The van der Waals surface area contributed by atoms with E-state index in [0.29, 0.717) is 12.2 Å². The molecule has 0 bridgehead atoms. The lowest BCUT2D eigenvalue weighted by molar-refractivity contribution is -0.148. The zero-order valence-corrected chi connectivity index (χ0v) is 10.9. The average molecular weight is 287 g/mol. The third-order valence-electron chi connectivity index (χ3n) is 2.84. The third kappa shape index (κ3) is 2.44. The first kappa shape index (κ1) is 13.8. The molecule has 2 aliphatic rings. The van der Waals surface area contributed by atoms with Crippen molar-refractivity contribution in [2.45, 2.75) is 24.9 Å². The summed E-state index contributed by atoms with van der Waals surface area (Å²) in [7, 11) is 0. The molecule has 0 aromatic carbocycles. The van der Waals surface area contributed by atoms with Crippen molar-refractivity contribution in [1.29, 1.82) is 0 Å². The molecule has 1 fully saturated rings. The van der Waals surface area contributed by atoms with Crippen LogP contribution in [-0.4, -0.2) is 45.2 Å². The van der Waals surface area contributed by atoms with Crippen LogP contribution < -0.4 is 11.3 Å². The zero-order valence-electron chi connectivity index (χ0n) is 10.1. The van der Waals surface area contributed by atoms with Gasteiger partial charge < -0.3 is 9.84 Å². The largest absolute Gasteiger partial charge is 0.477 e. The number of nitrogens with zero attached hydrogens (tertiary/aromatic N) is 1. The number of β-lactam (4-membered cyclic amide) rings is 1. The molecule has 2 heterocycles. The number of hydrogen-bond donors (Lipinski definition) is 3. The van der Waals surface area contributed by atoms with Crippen LogP contribution in [0.1, 0.15) is 13.3 Å². The molecule has 2 rings (SSSR count). The summed E-state index contributed by atoms with van der Waals surface area (Å²) in [5, 5.41) is 9.10. The Labute approximate surface area is 112 Å². The van der Waals surface area contributed by atoms with Gasteiger partial charge in [-0.2, -0.15) is 0 Å². The van der Waals surface area contributed by atoms with Crippen LogP contribution in [0.2, 0.25) is 0 Å². The third-order valence-corrected chi connectivity index (χ3v) is 4.08. The number of carboxylic acid groups (broad SMARTS) is 1. The van der Waals surface area contributed by atoms with Gasteiger partial charge in [0.05, 0.1) is 11.8 Å². The molecular weight excluding hydrogens is 274 g/mol. The minimum atomic E-state index is -1.24. The first-order chi connectivity index (χ1) is 8.95. The van der Waals surface area contributed by atoms with Crippen LogP contribution in [0.5, 0.6) is 0 Å². The molecule has 8 nitrogen and oxygen atoms in total. The van der Waals surface area contributed by atoms with Gasteiger partial charge in [-0.3, -0.25) is 20.3 Å². The predicted molar refractivity (Wildman–Crippen MR) is 65.2 cm³/mol. The first-order valence-electron chi connectivity index (χ1n) is 5.49. The van der Waals surface area contributed by atoms with E-state index in [9.17, 15) is 19.5 Å². The number of carbonyl (C=O) groups excluding carboxylic acids is 2. The molecule has 1 amide bonds. The molecule has 9 heteroatoms. The molecule has 1 saturated heterocycles. The maximum Gasteiger partial charge on any atom is 0.352 e. The minimum Gasteiger partial charge on any atom is -0.477 e. The van der Waals surface area contributed by atoms with Crippen LogP contribution in [0.4, 0.5) is 0 Å². The average Bonchev–Trinajstić information content (AvgIpc) is 2.33. The number of nitrogens with two attached hydrogens (primary N) is 1. The molecule has 0 aromatic rings. The number of rotatable bonds is 4. The van der Waals surface area contributed by atoms with Crippen LogP contribution >= 0.6 is 11.8 Å². The Bertz CT molecular complexity index is 478. The Morgan fingerprint density at radius 3 is 2.79 bits per heavy atom. The molecule has 2 atom stereocenters. The van der Waals surface area contributed by atoms with Crippen LogP contribution in [-0.2, 0) is 19.1 Å². The highest BCUT2D eigenvalue weighted by Gasteiger charge is 2.46. The number of nitrogens with one attached hydrogen (secondary N) is 1. The fourth-order valence-electron chi connectivity index (χ4n) is 2.01. The van der Waals surface area contributed by atoms with Crippen molar-refractivity contribution in [1.82, 2.24) is 10.3 Å². The number of thioether (sulfide) groups is 1. The molecule has 0 spiro atoms. The summed E-state index contributed by atoms with van der Waals surface area (Å²) in [6, 6.07) is 0. The van der Waals surface area contributed by atoms with Crippen LogP contribution in [0.3, 0.4) is 0 Å². The number of hydrazine groups is 1. The summed E-state index contributed by atoms with van der Waals surface area (Å²) in [6.45, 7) is 1.19. The fraction of sp³-hybridized carbons (Fsp3) is 0.500. The molecule has 2 aliphatic heterocycles. The highest BCUT2D eigenvalue weighted by Crippen LogP contribution is 2.40. The van der Waals surface area contributed by atoms with E-state index in [4.69, 9.17) is 10.6 Å². The lowest BCUT2D eigenvalue weighted by Gasteiger charge is -2.44. The standard InChI is InChI=1S/C10H13N3O5S/c1-4(14)18-9(12-11)5-3-19-7-2-6(15)13(7)8(5)10(16)17/h7,9,12H,2-3,11H2,1H3,(H,16,17)/t7-,9?/m1/s1. The van der Waals surface area contributed by atoms with Crippen molar-refractivity contribution >= 4 is 29.6 Å². The van der Waals surface area contributed by atoms with E-state index < -0.39 is 18.2 Å². The second-order valence-corrected chi connectivity index (χ2v) is 5.23. The van der Waals surface area contributed by atoms with Crippen LogP contribution in [0.25, 0.3) is 0 Å². The molecule has 0 aliphatic carbocycles. The fourth-order valence-corrected chi connectivity index (χ4v) is 3.30. The number of aliphatic carboxylic acids is 1. The van der Waals surface area contributed by atoms with Gasteiger partial charge in [0.2, 0.25) is 5.91 Å². The Morgan fingerprint density at radius 1 is 1.63 bits per heavy atom. The van der Waals surface area contributed by atoms with E-state index in [-0.39, 0.29) is 22.6 Å². The molecule has 4 N–H and O–H groups in total. The minimum absolute atomic E-state index is 0.149. The zero-order chi connectivity index (χ0) is 14.2. The number of fused-ring (bicyclic) bond motifs is 1. The van der Waals surface area contributed by atoms with Gasteiger partial charge in [0.1, 0.15) is 5.70 Å². The van der Waals surface area contributed by atoms with E-state index in [1.807, 2.05) is 0 Å². The predicted octanol–water partition coefficient (Wildman–Crippen LogP) is -1.02. The van der Waals surface area contributed by atoms with Gasteiger partial charge in [0, 0.05) is 18.2 Å². The van der Waals surface area contributed by atoms with Gasteiger partial charge in [-0.1, -0.05) is 0 Å². The Kier molecular flexibility index (Phi) is 3.78. The van der Waals surface area contributed by atoms with Crippen molar-refractivity contribution in [3.8, 4) is 0 Å². The monoisotopic (exact) mass is 287 g/mol. The van der Waals surface area contributed by atoms with E-state index in [1.165, 1.54) is 23.6 Å². The van der Waals surface area contributed by atoms with Gasteiger partial charge in [0.25, 0.3) is 0 Å². The smallest absolute Gasteiger partial charge is 0.352 e. The van der Waals surface area contributed by atoms with Crippen molar-refractivity contribution in [3.05, 3.63) is 11.3 Å². The van der Waals surface area contributed by atoms with E-state index in [1.54, 1.807) is 0 Å². The van der Waals surface area contributed by atoms with Crippen LogP contribution in [0, 0.1) is 0 Å². The van der Waals surface area contributed by atoms with E-state index in [2.05, 4.69) is 5.43 Å². The summed E-state index contributed by atoms with van der Waals surface area (Å²) in [5.74, 6) is 3.52. The summed E-state index contributed by atoms with van der Waals surface area (Å²) in [5.41, 5.74) is 2.38. The van der Waals surface area contributed by atoms with Gasteiger partial charge in [0.15, 0.2) is 6.23 Å². The Morgan fingerprint density at radius 2 is 2.32 bits per heavy atom. The number of hydrogen-bond acceptors (Lipinski definition) is 7. The molecule has 0 radical (unpaired) electrons. The van der Waals surface area contributed by atoms with Gasteiger partial charge in [-0.25, -0.2) is 10.2 Å². The number of esters is 1. The summed E-state index contributed by atoms with van der Waals surface area (Å²) in [4.78, 5) is 35.0. The Hall–Kier alpha value is -1.58. The highest BCUT2D eigenvalue weighted by atomic mass is 32.2. The molecule has 0 saturated carbocycles. The number of carboxylic acids is 1. The second-order valence-electron chi connectivity index (χ2n) is 4.07. The normalized spacial score (nSPS) is 23.6. The maximum atomic E-state index is 11.5. The van der Waals surface area contributed by atoms with Crippen molar-refractivity contribution in [3.63, 3.8) is 0 Å². The molecule has 1 unspecified atom stereocenters. The van der Waals surface area contributed by atoms with Gasteiger partial charge in [-0.15, -0.1) is 11.8 Å². The molecule has 104 valence electrons. The second kappa shape index (κ2) is 5.19. The summed E-state index contributed by atoms with van der Waals surface area (Å²) in [6.07, 6.45) is -0.728. The van der Waals surface area contributed by atoms with Crippen molar-refractivity contribution in [2.24, 2.45) is 5.84 Å². The van der Waals surface area contributed by atoms with Crippen molar-refractivity contribution in [2.75, 3.05) is 5.75 Å². The first-order valence-corrected chi connectivity index (χ1v) is 6.54. The Balaban J connectivity index is 2.37. The maximum absolute atomic E-state index is 11.5. The van der Waals surface area contributed by atoms with Crippen LogP contribution in [0.15, 0.2) is 11.3 Å². The quantitative estimate of drug-likeness (QED) is 0.197. The summed E-state index contributed by atoms with van der Waals surface area (Å²) >= 11 is 1.41. The lowest BCUT2D eigenvalue weighted by atomic mass is 10.1. The number of ether oxygens (including phenoxy) is 1. The SMILES string of the molecule is CC(=O)OC(NN)C1=C(C(=O)O)N2C(=O)C[C@H]2SC1. The molecular formula is C10H13N3O5S. The molecule has 0 aromatic heterocycles. The number of carbonyl (C=O) groups is 3. The topological polar surface area (TPSA) is 122 Å². The lowest BCUT2D eigenvalue weighted by Crippen LogP contribution is -2.56. The highest BCUT2D eigenvalue weighted by molar-refractivity contribution is 8.00. The van der Waals surface area contributed by atoms with E-state index >= 15 is 0 Å². The number of amides is 1. The molecule has 19 heavy (non-hydrogen) atoms. The van der Waals surface area contributed by atoms with E-state index in [0.717, 1.165) is 0 Å².